The van der Waals surface area contributed by atoms with Crippen molar-refractivity contribution in [1.29, 1.82) is 0 Å². The van der Waals surface area contributed by atoms with Gasteiger partial charge < -0.3 is 25.0 Å². The van der Waals surface area contributed by atoms with Crippen LogP contribution in [0.2, 0.25) is 0 Å². The lowest BCUT2D eigenvalue weighted by Gasteiger charge is -2.33. The van der Waals surface area contributed by atoms with Gasteiger partial charge in [0.1, 0.15) is 11.5 Å². The predicted molar refractivity (Wildman–Crippen MR) is 133 cm³/mol. The van der Waals surface area contributed by atoms with Gasteiger partial charge in [0.05, 0.1) is 18.7 Å². The molecule has 0 bridgehead atoms. The van der Waals surface area contributed by atoms with E-state index in [0.29, 0.717) is 12.6 Å². The molecular weight excluding hydrogens is 499 g/mol. The van der Waals surface area contributed by atoms with E-state index in [0.717, 1.165) is 56.4 Å². The molecule has 0 unspecified atom stereocenters. The Balaban J connectivity index is 0.00000300. The maximum atomic E-state index is 5.78. The van der Waals surface area contributed by atoms with Crippen molar-refractivity contribution in [2.45, 2.75) is 25.3 Å². The number of halogens is 1. The highest BCUT2D eigenvalue weighted by Crippen LogP contribution is 2.24. The summed E-state index contributed by atoms with van der Waals surface area (Å²) >= 11 is 1.82. The number of piperidine rings is 1. The third-order valence-corrected chi connectivity index (χ3v) is 5.73. The van der Waals surface area contributed by atoms with Gasteiger partial charge in [-0.3, -0.25) is 4.99 Å². The van der Waals surface area contributed by atoms with Gasteiger partial charge >= 0.3 is 0 Å². The summed E-state index contributed by atoms with van der Waals surface area (Å²) in [5, 5.41) is 10.5. The molecule has 29 heavy (non-hydrogen) atoms. The minimum Gasteiger partial charge on any atom is -0.497 e. The lowest BCUT2D eigenvalue weighted by atomic mass is 10.1. The number of nitrogens with zero attached hydrogens (tertiary/aromatic N) is 2. The Labute approximate surface area is 194 Å². The molecule has 1 aromatic carbocycles. The van der Waals surface area contributed by atoms with Crippen molar-refractivity contribution in [1.82, 2.24) is 10.6 Å². The monoisotopic (exact) mass is 530 g/mol. The van der Waals surface area contributed by atoms with Crippen molar-refractivity contribution >= 4 is 46.3 Å². The first-order valence-electron chi connectivity index (χ1n) is 9.81. The fourth-order valence-corrected chi connectivity index (χ4v) is 4.03. The van der Waals surface area contributed by atoms with Crippen LogP contribution in [0.4, 0.5) is 5.00 Å². The first kappa shape index (κ1) is 23.6. The number of nitrogens with one attached hydrogen (secondary N) is 2. The molecule has 1 aliphatic heterocycles. The van der Waals surface area contributed by atoms with Crippen LogP contribution >= 0.6 is 35.3 Å². The van der Waals surface area contributed by atoms with Gasteiger partial charge in [0.25, 0.3) is 0 Å². The number of hydrogen-bond donors (Lipinski definition) is 2. The Bertz CT molecular complexity index is 734. The average molecular weight is 530 g/mol. The lowest BCUT2D eigenvalue weighted by Crippen LogP contribution is -2.48. The van der Waals surface area contributed by atoms with Crippen LogP contribution in [0.1, 0.15) is 19.3 Å². The van der Waals surface area contributed by atoms with Gasteiger partial charge in [-0.05, 0) is 48.9 Å². The SMILES string of the molecule is CN=C(NCCCOc1cccc(OC)c1)NC1CCN(c2cccs2)CC1.I. The van der Waals surface area contributed by atoms with Gasteiger partial charge in [-0.25, -0.2) is 0 Å². The minimum atomic E-state index is 0. The molecule has 0 atom stereocenters. The van der Waals surface area contributed by atoms with E-state index in [4.69, 9.17) is 9.47 Å². The molecule has 0 radical (unpaired) electrons. The molecule has 0 saturated carbocycles. The molecule has 2 N–H and O–H groups in total. The molecule has 160 valence electrons. The fourth-order valence-electron chi connectivity index (χ4n) is 3.24. The zero-order chi connectivity index (χ0) is 19.6. The number of methoxy groups -OCH3 is 1. The number of ether oxygens (including phenoxy) is 2. The van der Waals surface area contributed by atoms with Crippen LogP contribution in [-0.4, -0.2) is 52.4 Å². The summed E-state index contributed by atoms with van der Waals surface area (Å²) in [5.41, 5.74) is 0. The standard InChI is InChI=1S/C21H30N4O2S.HI/c1-22-21(23-11-5-14-27-19-7-3-6-18(16-19)26-2)24-17-9-12-25(13-10-17)20-8-4-15-28-20;/h3-4,6-8,15-17H,5,9-14H2,1-2H3,(H2,22,23,24);1H. The number of hydrogen-bond acceptors (Lipinski definition) is 5. The fraction of sp³-hybridized carbons (Fsp3) is 0.476. The van der Waals surface area contributed by atoms with Crippen LogP contribution < -0.4 is 25.0 Å². The Morgan fingerprint density at radius 3 is 2.69 bits per heavy atom. The van der Waals surface area contributed by atoms with Gasteiger partial charge in [-0.1, -0.05) is 6.07 Å². The highest BCUT2D eigenvalue weighted by Gasteiger charge is 2.20. The molecule has 1 aliphatic rings. The van der Waals surface area contributed by atoms with E-state index in [9.17, 15) is 0 Å². The van der Waals surface area contributed by atoms with E-state index in [1.807, 2.05) is 42.6 Å². The smallest absolute Gasteiger partial charge is 0.191 e. The van der Waals surface area contributed by atoms with Crippen molar-refractivity contribution in [3.05, 3.63) is 41.8 Å². The Hall–Kier alpha value is -1.68. The lowest BCUT2D eigenvalue weighted by molar-refractivity contribution is 0.308. The summed E-state index contributed by atoms with van der Waals surface area (Å²) in [5.74, 6) is 2.51. The number of guanidine groups is 1. The second-order valence-electron chi connectivity index (χ2n) is 6.74. The zero-order valence-electron chi connectivity index (χ0n) is 17.1. The molecule has 1 aromatic heterocycles. The Morgan fingerprint density at radius 2 is 2.00 bits per heavy atom. The third kappa shape index (κ3) is 7.58. The van der Waals surface area contributed by atoms with Crippen molar-refractivity contribution < 1.29 is 9.47 Å². The molecule has 2 aromatic rings. The number of benzene rings is 1. The Kier molecular flexibility index (Phi) is 10.4. The van der Waals surface area contributed by atoms with E-state index in [-0.39, 0.29) is 24.0 Å². The second-order valence-corrected chi connectivity index (χ2v) is 7.66. The number of anilines is 1. The third-order valence-electron chi connectivity index (χ3n) is 4.80. The van der Waals surface area contributed by atoms with E-state index in [1.54, 1.807) is 7.11 Å². The maximum absolute atomic E-state index is 5.78. The predicted octanol–water partition coefficient (Wildman–Crippen LogP) is 3.98. The molecular formula is C21H31IN4O2S. The summed E-state index contributed by atoms with van der Waals surface area (Å²) < 4.78 is 11.0. The minimum absolute atomic E-state index is 0. The van der Waals surface area contributed by atoms with E-state index < -0.39 is 0 Å². The quantitative estimate of drug-likeness (QED) is 0.234. The van der Waals surface area contributed by atoms with Crippen molar-refractivity contribution in [3.63, 3.8) is 0 Å². The van der Waals surface area contributed by atoms with Crippen molar-refractivity contribution in [2.24, 2.45) is 4.99 Å². The van der Waals surface area contributed by atoms with E-state index in [2.05, 4.69) is 38.0 Å². The molecule has 1 saturated heterocycles. The molecule has 2 heterocycles. The van der Waals surface area contributed by atoms with Crippen LogP contribution in [0.5, 0.6) is 11.5 Å². The van der Waals surface area contributed by atoms with Crippen molar-refractivity contribution in [3.8, 4) is 11.5 Å². The molecule has 0 aliphatic carbocycles. The summed E-state index contributed by atoms with van der Waals surface area (Å²) in [7, 11) is 3.48. The second kappa shape index (κ2) is 12.8. The van der Waals surface area contributed by atoms with Gasteiger partial charge in [-0.2, -0.15) is 0 Å². The molecule has 8 heteroatoms. The first-order chi connectivity index (χ1) is 13.8. The molecule has 0 spiro atoms. The van der Waals surface area contributed by atoms with Gasteiger partial charge in [-0.15, -0.1) is 35.3 Å². The van der Waals surface area contributed by atoms with Crippen LogP contribution in [0.15, 0.2) is 46.8 Å². The maximum Gasteiger partial charge on any atom is 0.191 e. The van der Waals surface area contributed by atoms with Crippen LogP contribution in [0.25, 0.3) is 0 Å². The average Bonchev–Trinajstić information content (AvgIpc) is 3.28. The number of thiophene rings is 1. The highest BCUT2D eigenvalue weighted by molar-refractivity contribution is 14.0. The molecule has 3 rings (SSSR count). The normalized spacial score (nSPS) is 14.8. The van der Waals surface area contributed by atoms with Crippen LogP contribution in [0, 0.1) is 0 Å². The molecule has 1 fully saturated rings. The molecule has 0 amide bonds. The first-order valence-corrected chi connectivity index (χ1v) is 10.7. The van der Waals surface area contributed by atoms with Crippen LogP contribution in [0.3, 0.4) is 0 Å². The van der Waals surface area contributed by atoms with Gasteiger partial charge in [0.2, 0.25) is 0 Å². The summed E-state index contributed by atoms with van der Waals surface area (Å²) in [6, 6.07) is 12.5. The highest BCUT2D eigenvalue weighted by atomic mass is 127. The summed E-state index contributed by atoms with van der Waals surface area (Å²) in [6.45, 7) is 3.64. The van der Waals surface area contributed by atoms with Crippen LogP contribution in [-0.2, 0) is 0 Å². The largest absolute Gasteiger partial charge is 0.497 e. The zero-order valence-corrected chi connectivity index (χ0v) is 20.2. The summed E-state index contributed by atoms with van der Waals surface area (Å²) in [6.07, 6.45) is 3.14. The van der Waals surface area contributed by atoms with Gasteiger partial charge in [0, 0.05) is 38.8 Å². The van der Waals surface area contributed by atoms with Gasteiger partial charge in [0.15, 0.2) is 5.96 Å². The van der Waals surface area contributed by atoms with E-state index >= 15 is 0 Å². The van der Waals surface area contributed by atoms with E-state index in [1.165, 1.54) is 5.00 Å². The Morgan fingerprint density at radius 1 is 1.21 bits per heavy atom. The van der Waals surface area contributed by atoms with Crippen molar-refractivity contribution in [2.75, 3.05) is 45.3 Å². The number of rotatable bonds is 8. The summed E-state index contributed by atoms with van der Waals surface area (Å²) in [4.78, 5) is 6.82. The molecule has 6 nitrogen and oxygen atoms in total. The topological polar surface area (TPSA) is 58.1 Å². The number of aliphatic imine (C=N–C) groups is 1.